The van der Waals surface area contributed by atoms with Crippen molar-refractivity contribution >= 4 is 23.4 Å². The number of thioether (sulfide) groups is 1. The number of aryl methyl sites for hydroxylation is 1. The van der Waals surface area contributed by atoms with Crippen LogP contribution in [0.4, 0.5) is 4.39 Å². The quantitative estimate of drug-likeness (QED) is 0.431. The molecule has 0 aliphatic carbocycles. The largest absolute Gasteiger partial charge is 0.482 e. The molecule has 0 radical (unpaired) electrons. The molecule has 3 aromatic rings. The molecule has 3 rings (SSSR count). The second-order valence-corrected chi connectivity index (χ2v) is 7.92. The molecule has 0 N–H and O–H groups in total. The van der Waals surface area contributed by atoms with Gasteiger partial charge in [0.1, 0.15) is 11.6 Å². The van der Waals surface area contributed by atoms with E-state index in [1.54, 1.807) is 6.07 Å². The minimum Gasteiger partial charge on any atom is -0.482 e. The molecule has 148 valence electrons. The highest BCUT2D eigenvalue weighted by atomic mass is 35.5. The summed E-state index contributed by atoms with van der Waals surface area (Å²) in [5.74, 6) is 1.88. The number of hydrogen-bond acceptors (Lipinski definition) is 4. The maximum absolute atomic E-state index is 13.2. The Bertz CT molecular complexity index is 976. The van der Waals surface area contributed by atoms with Crippen molar-refractivity contribution in [1.29, 1.82) is 0 Å². The van der Waals surface area contributed by atoms with Crippen LogP contribution in [0.25, 0.3) is 0 Å². The molecule has 0 saturated heterocycles. The zero-order chi connectivity index (χ0) is 20.3. The molecule has 0 aliphatic heterocycles. The number of ether oxygens (including phenoxy) is 1. The zero-order valence-electron chi connectivity index (χ0n) is 16.4. The number of benzene rings is 2. The summed E-state index contributed by atoms with van der Waals surface area (Å²) in [5, 5.41) is 9.89. The smallest absolute Gasteiger partial charge is 0.191 e. The molecule has 1 heterocycles. The standard InChI is InChI=1S/C21H23ClFN3OS/c1-5-26-20(15(4)27-19-8-6-7-13(2)14(19)3)24-25-21(26)28-12-16-9-10-17(23)11-18(16)22/h6-11,15H,5,12H2,1-4H3. The summed E-state index contributed by atoms with van der Waals surface area (Å²) in [7, 11) is 0. The lowest BCUT2D eigenvalue weighted by Crippen LogP contribution is -2.12. The van der Waals surface area contributed by atoms with Gasteiger partial charge in [0.25, 0.3) is 0 Å². The normalized spacial score (nSPS) is 12.2. The molecule has 7 heteroatoms. The van der Waals surface area contributed by atoms with E-state index in [0.717, 1.165) is 34.4 Å². The van der Waals surface area contributed by atoms with Crippen LogP contribution in [0.5, 0.6) is 5.75 Å². The van der Waals surface area contributed by atoms with Crippen LogP contribution >= 0.6 is 23.4 Å². The molecule has 0 bridgehead atoms. The Balaban J connectivity index is 1.76. The number of rotatable bonds is 7. The van der Waals surface area contributed by atoms with E-state index in [4.69, 9.17) is 16.3 Å². The number of hydrogen-bond donors (Lipinski definition) is 0. The van der Waals surface area contributed by atoms with E-state index in [-0.39, 0.29) is 11.9 Å². The Hall–Kier alpha value is -2.05. The highest BCUT2D eigenvalue weighted by Gasteiger charge is 2.20. The summed E-state index contributed by atoms with van der Waals surface area (Å²) in [4.78, 5) is 0. The van der Waals surface area contributed by atoms with Gasteiger partial charge in [-0.2, -0.15) is 0 Å². The summed E-state index contributed by atoms with van der Waals surface area (Å²) in [6.07, 6.45) is -0.239. The Morgan fingerprint density at radius 2 is 2.00 bits per heavy atom. The van der Waals surface area contributed by atoms with E-state index in [1.165, 1.54) is 29.5 Å². The fraction of sp³-hybridized carbons (Fsp3) is 0.333. The average Bonchev–Trinajstić information content (AvgIpc) is 3.08. The van der Waals surface area contributed by atoms with Gasteiger partial charge in [0.15, 0.2) is 17.1 Å². The SMILES string of the molecule is CCn1c(SCc2ccc(F)cc2Cl)nnc1C(C)Oc1cccc(C)c1C. The molecule has 0 spiro atoms. The molecule has 1 atom stereocenters. The summed E-state index contributed by atoms with van der Waals surface area (Å²) in [6, 6.07) is 10.5. The van der Waals surface area contributed by atoms with Gasteiger partial charge in [0.2, 0.25) is 0 Å². The van der Waals surface area contributed by atoms with Gasteiger partial charge in [-0.1, -0.05) is 41.6 Å². The summed E-state index contributed by atoms with van der Waals surface area (Å²) < 4.78 is 21.4. The predicted molar refractivity (Wildman–Crippen MR) is 112 cm³/mol. The number of halogens is 2. The first kappa shape index (κ1) is 20.7. The Morgan fingerprint density at radius 1 is 1.21 bits per heavy atom. The lowest BCUT2D eigenvalue weighted by atomic mass is 10.1. The Labute approximate surface area is 174 Å². The van der Waals surface area contributed by atoms with Crippen LogP contribution in [0.15, 0.2) is 41.6 Å². The third-order valence-corrected chi connectivity index (χ3v) is 6.02. The number of nitrogens with zero attached hydrogens (tertiary/aromatic N) is 3. The van der Waals surface area contributed by atoms with Crippen LogP contribution in [0.2, 0.25) is 5.02 Å². The fourth-order valence-electron chi connectivity index (χ4n) is 2.88. The summed E-state index contributed by atoms with van der Waals surface area (Å²) >= 11 is 7.65. The van der Waals surface area contributed by atoms with Gasteiger partial charge < -0.3 is 9.30 Å². The lowest BCUT2D eigenvalue weighted by molar-refractivity contribution is 0.208. The summed E-state index contributed by atoms with van der Waals surface area (Å²) in [5.41, 5.74) is 3.17. The first-order chi connectivity index (χ1) is 13.4. The van der Waals surface area contributed by atoms with Gasteiger partial charge in [-0.15, -0.1) is 10.2 Å². The van der Waals surface area contributed by atoms with E-state index in [0.29, 0.717) is 10.8 Å². The Kier molecular flexibility index (Phi) is 6.62. The molecular weight excluding hydrogens is 397 g/mol. The zero-order valence-corrected chi connectivity index (χ0v) is 17.9. The van der Waals surface area contributed by atoms with E-state index >= 15 is 0 Å². The molecule has 28 heavy (non-hydrogen) atoms. The Morgan fingerprint density at radius 3 is 2.71 bits per heavy atom. The second-order valence-electron chi connectivity index (χ2n) is 6.57. The van der Waals surface area contributed by atoms with Gasteiger partial charge in [0.05, 0.1) is 0 Å². The van der Waals surface area contributed by atoms with Crippen molar-refractivity contribution in [3.8, 4) is 5.75 Å². The molecule has 4 nitrogen and oxygen atoms in total. The molecule has 0 aliphatic rings. The van der Waals surface area contributed by atoms with E-state index < -0.39 is 0 Å². The molecule has 1 unspecified atom stereocenters. The van der Waals surface area contributed by atoms with Gasteiger partial charge >= 0.3 is 0 Å². The first-order valence-electron chi connectivity index (χ1n) is 9.13. The van der Waals surface area contributed by atoms with E-state index in [1.807, 2.05) is 30.5 Å². The highest BCUT2D eigenvalue weighted by molar-refractivity contribution is 7.98. The van der Waals surface area contributed by atoms with Gasteiger partial charge in [-0.25, -0.2) is 4.39 Å². The van der Waals surface area contributed by atoms with E-state index in [9.17, 15) is 4.39 Å². The molecule has 0 fully saturated rings. The maximum Gasteiger partial charge on any atom is 0.191 e. The van der Waals surface area contributed by atoms with Crippen LogP contribution in [-0.2, 0) is 12.3 Å². The molecular formula is C21H23ClFN3OS. The van der Waals surface area contributed by atoms with E-state index in [2.05, 4.69) is 30.1 Å². The topological polar surface area (TPSA) is 39.9 Å². The fourth-order valence-corrected chi connectivity index (χ4v) is 4.21. The predicted octanol–water partition coefficient (Wildman–Crippen LogP) is 6.14. The third-order valence-electron chi connectivity index (χ3n) is 4.66. The van der Waals surface area contributed by atoms with Crippen molar-refractivity contribution in [1.82, 2.24) is 14.8 Å². The highest BCUT2D eigenvalue weighted by Crippen LogP contribution is 2.30. The monoisotopic (exact) mass is 419 g/mol. The minimum atomic E-state index is -0.338. The van der Waals surface area contributed by atoms with Crippen molar-refractivity contribution in [2.45, 2.75) is 51.3 Å². The molecule has 0 saturated carbocycles. The third kappa shape index (κ3) is 4.50. The van der Waals surface area contributed by atoms with Crippen molar-refractivity contribution < 1.29 is 9.13 Å². The summed E-state index contributed by atoms with van der Waals surface area (Å²) in [6.45, 7) is 8.87. The van der Waals surface area contributed by atoms with Crippen molar-refractivity contribution in [3.05, 3.63) is 69.8 Å². The second kappa shape index (κ2) is 8.97. The van der Waals surface area contributed by atoms with Crippen molar-refractivity contribution in [2.24, 2.45) is 0 Å². The minimum absolute atomic E-state index is 0.239. The van der Waals surface area contributed by atoms with Crippen molar-refractivity contribution in [2.75, 3.05) is 0 Å². The molecule has 1 aromatic heterocycles. The first-order valence-corrected chi connectivity index (χ1v) is 10.5. The van der Waals surface area contributed by atoms with Gasteiger partial charge in [-0.05, 0) is 62.6 Å². The van der Waals surface area contributed by atoms with Crippen LogP contribution in [-0.4, -0.2) is 14.8 Å². The lowest BCUT2D eigenvalue weighted by Gasteiger charge is -2.17. The number of aromatic nitrogens is 3. The van der Waals surface area contributed by atoms with Gasteiger partial charge in [0, 0.05) is 17.3 Å². The van der Waals surface area contributed by atoms with Gasteiger partial charge in [-0.3, -0.25) is 0 Å². The van der Waals surface area contributed by atoms with Crippen LogP contribution < -0.4 is 4.74 Å². The van der Waals surface area contributed by atoms with Crippen LogP contribution in [0.1, 0.15) is 42.5 Å². The van der Waals surface area contributed by atoms with Crippen LogP contribution in [0.3, 0.4) is 0 Å². The maximum atomic E-state index is 13.2. The van der Waals surface area contributed by atoms with Crippen LogP contribution in [0, 0.1) is 19.7 Å². The molecule has 0 amide bonds. The average molecular weight is 420 g/mol. The van der Waals surface area contributed by atoms with Crippen molar-refractivity contribution in [3.63, 3.8) is 0 Å². The molecule has 2 aromatic carbocycles.